The second-order valence-corrected chi connectivity index (χ2v) is 8.12. The van der Waals surface area contributed by atoms with Crippen molar-refractivity contribution >= 4 is 17.3 Å². The van der Waals surface area contributed by atoms with Crippen molar-refractivity contribution < 1.29 is 14.5 Å². The topological polar surface area (TPSA) is 96.7 Å². The summed E-state index contributed by atoms with van der Waals surface area (Å²) in [5.74, 6) is 0.545. The summed E-state index contributed by atoms with van der Waals surface area (Å²) in [4.78, 5) is 26.0. The lowest BCUT2D eigenvalue weighted by molar-refractivity contribution is -0.384. The van der Waals surface area contributed by atoms with E-state index in [0.29, 0.717) is 17.8 Å². The standard InChI is InChI=1S/C23H28N4O4/c1-31-22-7-3-2-6-18(22)21(26-12-4-5-13-26)15-24-19-11-8-16(14-20(19)27(29)30)23(28)25-17-9-10-17/h2-3,6-8,11,14,17,21,24H,4-5,9-10,12-13,15H2,1H3,(H,25,28)/t21-/m0/s1. The Morgan fingerprint density at radius 1 is 1.23 bits per heavy atom. The normalized spacial score (nSPS) is 17.2. The van der Waals surface area contributed by atoms with E-state index in [9.17, 15) is 14.9 Å². The molecule has 1 saturated carbocycles. The summed E-state index contributed by atoms with van der Waals surface area (Å²) in [7, 11) is 1.66. The second-order valence-electron chi connectivity index (χ2n) is 8.12. The number of nitro groups is 1. The van der Waals surface area contributed by atoms with E-state index in [4.69, 9.17) is 4.74 Å². The number of benzene rings is 2. The Labute approximate surface area is 181 Å². The number of nitrogens with one attached hydrogen (secondary N) is 2. The predicted molar refractivity (Wildman–Crippen MR) is 119 cm³/mol. The van der Waals surface area contributed by atoms with Gasteiger partial charge in [-0.05, 0) is 57.0 Å². The number of carbonyl (C=O) groups is 1. The van der Waals surface area contributed by atoms with Gasteiger partial charge >= 0.3 is 0 Å². The lowest BCUT2D eigenvalue weighted by atomic mass is 10.0. The molecule has 2 aromatic rings. The molecular weight excluding hydrogens is 396 g/mol. The summed E-state index contributed by atoms with van der Waals surface area (Å²) in [6.45, 7) is 2.45. The van der Waals surface area contributed by atoms with E-state index < -0.39 is 4.92 Å². The van der Waals surface area contributed by atoms with Crippen LogP contribution in [0.25, 0.3) is 0 Å². The minimum atomic E-state index is -0.440. The number of rotatable bonds is 9. The molecule has 2 fully saturated rings. The largest absolute Gasteiger partial charge is 0.496 e. The number of methoxy groups -OCH3 is 1. The second kappa shape index (κ2) is 9.34. The first-order valence-electron chi connectivity index (χ1n) is 10.8. The van der Waals surface area contributed by atoms with Gasteiger partial charge in [0.25, 0.3) is 11.6 Å². The Kier molecular flexibility index (Phi) is 6.36. The van der Waals surface area contributed by atoms with Gasteiger partial charge in [0.15, 0.2) is 0 Å². The zero-order chi connectivity index (χ0) is 21.8. The fourth-order valence-corrected chi connectivity index (χ4v) is 4.11. The van der Waals surface area contributed by atoms with E-state index in [1.807, 2.05) is 24.3 Å². The Balaban J connectivity index is 1.56. The molecule has 2 N–H and O–H groups in total. The maximum absolute atomic E-state index is 12.3. The molecule has 8 heteroatoms. The first-order valence-corrected chi connectivity index (χ1v) is 10.8. The first kappa shape index (κ1) is 21.1. The molecule has 8 nitrogen and oxygen atoms in total. The van der Waals surface area contributed by atoms with Gasteiger partial charge in [0.05, 0.1) is 18.1 Å². The third-order valence-corrected chi connectivity index (χ3v) is 5.93. The summed E-state index contributed by atoms with van der Waals surface area (Å²) in [5, 5.41) is 17.9. The highest BCUT2D eigenvalue weighted by molar-refractivity contribution is 5.96. The molecule has 2 aromatic carbocycles. The maximum Gasteiger partial charge on any atom is 0.293 e. The zero-order valence-electron chi connectivity index (χ0n) is 17.7. The van der Waals surface area contributed by atoms with E-state index in [0.717, 1.165) is 50.1 Å². The van der Waals surface area contributed by atoms with Gasteiger partial charge in [-0.3, -0.25) is 19.8 Å². The molecule has 1 saturated heterocycles. The van der Waals surface area contributed by atoms with Crippen LogP contribution in [0.5, 0.6) is 5.75 Å². The predicted octanol–water partition coefficient (Wildman–Crippen LogP) is 3.74. The van der Waals surface area contributed by atoms with Gasteiger partial charge < -0.3 is 15.4 Å². The molecule has 0 spiro atoms. The van der Waals surface area contributed by atoms with Crippen molar-refractivity contribution in [2.24, 2.45) is 0 Å². The van der Waals surface area contributed by atoms with Crippen LogP contribution in [-0.4, -0.2) is 48.5 Å². The molecule has 4 rings (SSSR count). The maximum atomic E-state index is 12.3. The molecule has 164 valence electrons. The molecule has 0 radical (unpaired) electrons. The molecule has 0 unspecified atom stereocenters. The lowest BCUT2D eigenvalue weighted by Crippen LogP contribution is -2.31. The SMILES string of the molecule is COc1ccccc1[C@H](CNc1ccc(C(=O)NC2CC2)cc1[N+](=O)[O-])N1CCCC1. The van der Waals surface area contributed by atoms with E-state index in [1.165, 1.54) is 6.07 Å². The summed E-state index contributed by atoms with van der Waals surface area (Å²) in [6, 6.07) is 12.8. The molecular formula is C23H28N4O4. The Morgan fingerprint density at radius 3 is 2.65 bits per heavy atom. The summed E-state index contributed by atoms with van der Waals surface area (Å²) in [6.07, 6.45) is 4.20. The number of ether oxygens (including phenoxy) is 1. The van der Waals surface area contributed by atoms with Gasteiger partial charge in [0, 0.05) is 29.8 Å². The van der Waals surface area contributed by atoms with Crippen LogP contribution in [0.4, 0.5) is 11.4 Å². The first-order chi connectivity index (χ1) is 15.1. The monoisotopic (exact) mass is 424 g/mol. The average Bonchev–Trinajstić information content (AvgIpc) is 3.43. The molecule has 0 bridgehead atoms. The summed E-state index contributed by atoms with van der Waals surface area (Å²) in [5.41, 5.74) is 1.68. The lowest BCUT2D eigenvalue weighted by Gasteiger charge is -2.29. The van der Waals surface area contributed by atoms with E-state index in [1.54, 1.807) is 19.2 Å². The fourth-order valence-electron chi connectivity index (χ4n) is 4.11. The van der Waals surface area contributed by atoms with Crippen molar-refractivity contribution in [1.82, 2.24) is 10.2 Å². The highest BCUT2D eigenvalue weighted by Crippen LogP contribution is 2.33. The van der Waals surface area contributed by atoms with Crippen molar-refractivity contribution in [3.8, 4) is 5.75 Å². The van der Waals surface area contributed by atoms with Gasteiger partial charge in [-0.15, -0.1) is 0 Å². The van der Waals surface area contributed by atoms with Crippen molar-refractivity contribution in [2.75, 3.05) is 32.1 Å². The summed E-state index contributed by atoms with van der Waals surface area (Å²) < 4.78 is 5.57. The Bertz CT molecular complexity index is 954. The van der Waals surface area contributed by atoms with Crippen LogP contribution < -0.4 is 15.4 Å². The van der Waals surface area contributed by atoms with Crippen molar-refractivity contribution in [3.63, 3.8) is 0 Å². The minimum Gasteiger partial charge on any atom is -0.496 e. The van der Waals surface area contributed by atoms with Crippen molar-refractivity contribution in [3.05, 3.63) is 63.7 Å². The van der Waals surface area contributed by atoms with E-state index in [-0.39, 0.29) is 23.7 Å². The molecule has 1 aliphatic heterocycles. The molecule has 1 atom stereocenters. The number of hydrogen-bond donors (Lipinski definition) is 2. The van der Waals surface area contributed by atoms with Crippen LogP contribution in [0.15, 0.2) is 42.5 Å². The minimum absolute atomic E-state index is 0.0242. The molecule has 31 heavy (non-hydrogen) atoms. The van der Waals surface area contributed by atoms with Crippen molar-refractivity contribution in [1.29, 1.82) is 0 Å². The smallest absolute Gasteiger partial charge is 0.293 e. The van der Waals surface area contributed by atoms with Crippen LogP contribution in [-0.2, 0) is 0 Å². The van der Waals surface area contributed by atoms with Crippen molar-refractivity contribution in [2.45, 2.75) is 37.8 Å². The molecule has 1 heterocycles. The molecule has 1 aliphatic carbocycles. The van der Waals surface area contributed by atoms with Gasteiger partial charge in [-0.25, -0.2) is 0 Å². The zero-order valence-corrected chi connectivity index (χ0v) is 17.7. The number of amides is 1. The van der Waals surface area contributed by atoms with E-state index in [2.05, 4.69) is 15.5 Å². The number of likely N-dealkylation sites (tertiary alicyclic amines) is 1. The van der Waals surface area contributed by atoms with Gasteiger partial charge in [-0.1, -0.05) is 18.2 Å². The Morgan fingerprint density at radius 2 is 1.97 bits per heavy atom. The highest BCUT2D eigenvalue weighted by Gasteiger charge is 2.28. The van der Waals surface area contributed by atoms with Crippen LogP contribution in [0, 0.1) is 10.1 Å². The summed E-state index contributed by atoms with van der Waals surface area (Å²) >= 11 is 0. The molecule has 2 aliphatic rings. The third-order valence-electron chi connectivity index (χ3n) is 5.93. The number of para-hydroxylation sites is 1. The average molecular weight is 425 g/mol. The van der Waals surface area contributed by atoms with Crippen LogP contribution in [0.3, 0.4) is 0 Å². The molecule has 0 aromatic heterocycles. The fraction of sp³-hybridized carbons (Fsp3) is 0.435. The number of nitrogens with zero attached hydrogens (tertiary/aromatic N) is 2. The number of carbonyl (C=O) groups excluding carboxylic acids is 1. The quantitative estimate of drug-likeness (QED) is 0.470. The number of anilines is 1. The van der Waals surface area contributed by atoms with E-state index >= 15 is 0 Å². The van der Waals surface area contributed by atoms with Gasteiger partial charge in [0.1, 0.15) is 11.4 Å². The van der Waals surface area contributed by atoms with Crippen LogP contribution in [0.2, 0.25) is 0 Å². The van der Waals surface area contributed by atoms with Gasteiger partial charge in [0.2, 0.25) is 0 Å². The molecule has 1 amide bonds. The highest BCUT2D eigenvalue weighted by atomic mass is 16.6. The van der Waals surface area contributed by atoms with Crippen LogP contribution in [0.1, 0.15) is 47.6 Å². The number of nitro benzene ring substituents is 1. The number of hydrogen-bond acceptors (Lipinski definition) is 6. The van der Waals surface area contributed by atoms with Gasteiger partial charge in [-0.2, -0.15) is 0 Å². The Hall–Kier alpha value is -3.13. The third kappa shape index (κ3) is 4.96. The van der Waals surface area contributed by atoms with Crippen LogP contribution >= 0.6 is 0 Å².